The summed E-state index contributed by atoms with van der Waals surface area (Å²) < 4.78 is 0. The average molecular weight is 212 g/mol. The van der Waals surface area contributed by atoms with Crippen molar-refractivity contribution in [3.8, 4) is 6.07 Å². The standard InChI is InChI=1S/C10H20N4O/c1-9(7-11)8-14(2)6-4-3-5-10(15)13-12/h9H,3-6,8,12H2,1-2H3,(H,13,15). The van der Waals surface area contributed by atoms with Gasteiger partial charge in [0.2, 0.25) is 5.91 Å². The molecule has 3 N–H and O–H groups in total. The van der Waals surface area contributed by atoms with Crippen molar-refractivity contribution < 1.29 is 4.79 Å². The minimum absolute atomic E-state index is 0.0577. The highest BCUT2D eigenvalue weighted by Crippen LogP contribution is 2.00. The van der Waals surface area contributed by atoms with Crippen LogP contribution in [0.1, 0.15) is 26.2 Å². The highest BCUT2D eigenvalue weighted by atomic mass is 16.2. The van der Waals surface area contributed by atoms with Gasteiger partial charge in [0.15, 0.2) is 0 Å². The van der Waals surface area contributed by atoms with Crippen LogP contribution in [0.4, 0.5) is 0 Å². The number of carbonyl (C=O) groups excluding carboxylic acids is 1. The molecule has 0 saturated heterocycles. The number of nitriles is 1. The van der Waals surface area contributed by atoms with Crippen molar-refractivity contribution in [2.45, 2.75) is 26.2 Å². The molecule has 0 aliphatic heterocycles. The second kappa shape index (κ2) is 8.21. The van der Waals surface area contributed by atoms with Gasteiger partial charge in [-0.3, -0.25) is 10.2 Å². The van der Waals surface area contributed by atoms with E-state index in [0.717, 1.165) is 25.9 Å². The van der Waals surface area contributed by atoms with Crippen molar-refractivity contribution in [1.82, 2.24) is 10.3 Å². The van der Waals surface area contributed by atoms with Gasteiger partial charge in [-0.1, -0.05) is 0 Å². The molecule has 1 atom stereocenters. The van der Waals surface area contributed by atoms with Crippen LogP contribution in [0, 0.1) is 17.2 Å². The Morgan fingerprint density at radius 2 is 2.27 bits per heavy atom. The van der Waals surface area contributed by atoms with Gasteiger partial charge in [0.25, 0.3) is 0 Å². The van der Waals surface area contributed by atoms with Crippen LogP contribution >= 0.6 is 0 Å². The number of hydrogen-bond donors (Lipinski definition) is 2. The van der Waals surface area contributed by atoms with E-state index in [1.54, 1.807) is 0 Å². The van der Waals surface area contributed by atoms with Crippen molar-refractivity contribution in [2.24, 2.45) is 11.8 Å². The Bertz CT molecular complexity index is 224. The summed E-state index contributed by atoms with van der Waals surface area (Å²) >= 11 is 0. The van der Waals surface area contributed by atoms with Crippen LogP contribution in [0.2, 0.25) is 0 Å². The molecule has 0 radical (unpaired) electrons. The van der Waals surface area contributed by atoms with Crippen LogP contribution in [-0.2, 0) is 4.79 Å². The second-order valence-electron chi connectivity index (χ2n) is 3.82. The van der Waals surface area contributed by atoms with Gasteiger partial charge in [-0.25, -0.2) is 5.84 Å². The minimum atomic E-state index is -0.122. The summed E-state index contributed by atoms with van der Waals surface area (Å²) in [5.41, 5.74) is 2.10. The largest absolute Gasteiger partial charge is 0.305 e. The molecule has 0 heterocycles. The number of nitrogens with two attached hydrogens (primary N) is 1. The van der Waals surface area contributed by atoms with E-state index in [0.29, 0.717) is 6.42 Å². The van der Waals surface area contributed by atoms with E-state index in [1.165, 1.54) is 0 Å². The van der Waals surface area contributed by atoms with Crippen molar-refractivity contribution in [3.05, 3.63) is 0 Å². The van der Waals surface area contributed by atoms with Crippen LogP contribution in [0.3, 0.4) is 0 Å². The summed E-state index contributed by atoms with van der Waals surface area (Å²) in [6.07, 6.45) is 2.24. The Kier molecular flexibility index (Phi) is 7.60. The molecule has 0 spiro atoms. The van der Waals surface area contributed by atoms with E-state index in [1.807, 2.05) is 14.0 Å². The maximum absolute atomic E-state index is 10.8. The summed E-state index contributed by atoms with van der Waals surface area (Å²) in [6.45, 7) is 3.59. The molecule has 5 heteroatoms. The normalized spacial score (nSPS) is 12.2. The average Bonchev–Trinajstić information content (AvgIpc) is 2.23. The number of rotatable bonds is 7. The fraction of sp³-hybridized carbons (Fsp3) is 0.800. The number of nitrogens with one attached hydrogen (secondary N) is 1. The molecule has 0 aliphatic rings. The van der Waals surface area contributed by atoms with E-state index in [4.69, 9.17) is 11.1 Å². The van der Waals surface area contributed by atoms with E-state index in [2.05, 4.69) is 16.4 Å². The molecule has 1 amide bonds. The van der Waals surface area contributed by atoms with Gasteiger partial charge < -0.3 is 4.90 Å². The lowest BCUT2D eigenvalue weighted by atomic mass is 10.2. The smallest absolute Gasteiger partial charge is 0.233 e. The van der Waals surface area contributed by atoms with Crippen LogP contribution in [-0.4, -0.2) is 30.9 Å². The Hall–Kier alpha value is -1.12. The molecule has 0 aromatic heterocycles. The molecule has 15 heavy (non-hydrogen) atoms. The number of unbranched alkanes of at least 4 members (excludes halogenated alkanes) is 1. The number of hydrogen-bond acceptors (Lipinski definition) is 4. The van der Waals surface area contributed by atoms with Crippen LogP contribution < -0.4 is 11.3 Å². The lowest BCUT2D eigenvalue weighted by molar-refractivity contribution is -0.121. The highest BCUT2D eigenvalue weighted by molar-refractivity contribution is 5.74. The third-order valence-electron chi connectivity index (χ3n) is 2.16. The highest BCUT2D eigenvalue weighted by Gasteiger charge is 2.05. The third-order valence-corrected chi connectivity index (χ3v) is 2.16. The van der Waals surface area contributed by atoms with Gasteiger partial charge in [-0.05, 0) is 33.4 Å². The lowest BCUT2D eigenvalue weighted by Crippen LogP contribution is -2.30. The first-order chi connectivity index (χ1) is 7.10. The first kappa shape index (κ1) is 13.9. The van der Waals surface area contributed by atoms with E-state index in [-0.39, 0.29) is 11.8 Å². The number of amides is 1. The predicted octanol–water partition coefficient (Wildman–Crippen LogP) is 0.238. The van der Waals surface area contributed by atoms with Gasteiger partial charge >= 0.3 is 0 Å². The molecule has 0 aliphatic carbocycles. The first-order valence-electron chi connectivity index (χ1n) is 5.17. The molecule has 0 aromatic rings. The zero-order valence-electron chi connectivity index (χ0n) is 9.49. The van der Waals surface area contributed by atoms with Gasteiger partial charge in [0, 0.05) is 13.0 Å². The molecule has 0 fully saturated rings. The Balaban J connectivity index is 3.43. The van der Waals surface area contributed by atoms with Crippen molar-refractivity contribution in [2.75, 3.05) is 20.1 Å². The zero-order valence-corrected chi connectivity index (χ0v) is 9.49. The fourth-order valence-electron chi connectivity index (χ4n) is 1.34. The van der Waals surface area contributed by atoms with Crippen molar-refractivity contribution in [1.29, 1.82) is 5.26 Å². The van der Waals surface area contributed by atoms with Crippen molar-refractivity contribution >= 4 is 5.91 Å². The number of nitrogens with zero attached hydrogens (tertiary/aromatic N) is 2. The SMILES string of the molecule is CC(C#N)CN(C)CCCCC(=O)NN. The molecule has 5 nitrogen and oxygen atoms in total. The van der Waals surface area contributed by atoms with Crippen molar-refractivity contribution in [3.63, 3.8) is 0 Å². The van der Waals surface area contributed by atoms with Gasteiger partial charge in [0.1, 0.15) is 0 Å². The molecule has 0 rings (SSSR count). The summed E-state index contributed by atoms with van der Waals surface area (Å²) in [4.78, 5) is 12.9. The van der Waals surface area contributed by atoms with Crippen LogP contribution in [0.25, 0.3) is 0 Å². The zero-order chi connectivity index (χ0) is 11.7. The Morgan fingerprint density at radius 3 is 2.80 bits per heavy atom. The molecule has 0 bridgehead atoms. The topological polar surface area (TPSA) is 82.2 Å². The molecular weight excluding hydrogens is 192 g/mol. The summed E-state index contributed by atoms with van der Waals surface area (Å²) in [5.74, 6) is 4.89. The quantitative estimate of drug-likeness (QED) is 0.274. The van der Waals surface area contributed by atoms with Gasteiger partial charge in [-0.2, -0.15) is 5.26 Å². The molecular formula is C10H20N4O. The summed E-state index contributed by atoms with van der Waals surface area (Å²) in [7, 11) is 1.98. The Morgan fingerprint density at radius 1 is 1.60 bits per heavy atom. The molecule has 0 aromatic carbocycles. The summed E-state index contributed by atoms with van der Waals surface area (Å²) in [5, 5.41) is 8.62. The molecule has 1 unspecified atom stereocenters. The van der Waals surface area contributed by atoms with E-state index >= 15 is 0 Å². The maximum Gasteiger partial charge on any atom is 0.233 e. The predicted molar refractivity (Wildman–Crippen MR) is 58.5 cm³/mol. The van der Waals surface area contributed by atoms with Crippen LogP contribution in [0.5, 0.6) is 0 Å². The molecule has 86 valence electrons. The minimum Gasteiger partial charge on any atom is -0.305 e. The third kappa shape index (κ3) is 7.91. The van der Waals surface area contributed by atoms with Gasteiger partial charge in [-0.15, -0.1) is 0 Å². The van der Waals surface area contributed by atoms with Gasteiger partial charge in [0.05, 0.1) is 12.0 Å². The molecule has 0 saturated carbocycles. The number of carbonyl (C=O) groups is 1. The maximum atomic E-state index is 10.8. The monoisotopic (exact) mass is 212 g/mol. The number of hydrazine groups is 1. The van der Waals surface area contributed by atoms with E-state index < -0.39 is 0 Å². The van der Waals surface area contributed by atoms with E-state index in [9.17, 15) is 4.79 Å². The Labute approximate surface area is 91.2 Å². The van der Waals surface area contributed by atoms with Crippen LogP contribution in [0.15, 0.2) is 0 Å². The summed E-state index contributed by atoms with van der Waals surface area (Å²) in [6, 6.07) is 2.19. The second-order valence-corrected chi connectivity index (χ2v) is 3.82. The fourth-order valence-corrected chi connectivity index (χ4v) is 1.34. The first-order valence-corrected chi connectivity index (χ1v) is 5.17. The lowest BCUT2D eigenvalue weighted by Gasteiger charge is -2.17.